The molecule has 26 heavy (non-hydrogen) atoms. The maximum atomic E-state index is 12.6. The first-order chi connectivity index (χ1) is 12.3. The third-order valence-electron chi connectivity index (χ3n) is 3.75. The lowest BCUT2D eigenvalue weighted by Crippen LogP contribution is -2.26. The van der Waals surface area contributed by atoms with Gasteiger partial charge in [-0.3, -0.25) is 0 Å². The molecule has 0 fully saturated rings. The third-order valence-corrected chi connectivity index (χ3v) is 3.98. The molecule has 138 valence electrons. The van der Waals surface area contributed by atoms with E-state index in [2.05, 4.69) is 0 Å². The van der Waals surface area contributed by atoms with E-state index in [1.54, 1.807) is 32.0 Å². The monoisotopic (exact) mass is 376 g/mol. The van der Waals surface area contributed by atoms with Gasteiger partial charge in [-0.05, 0) is 45.9 Å². The summed E-state index contributed by atoms with van der Waals surface area (Å²) in [6, 6.07) is 7.09. The van der Waals surface area contributed by atoms with Crippen LogP contribution in [-0.4, -0.2) is 18.7 Å². The SMILES string of the molecule is CCOC(=O)C1=C(C)OC(N)=C(C#N)C1c1cc(Cl)ccc1OC(C)C. The highest BCUT2D eigenvalue weighted by Crippen LogP contribution is 2.44. The number of nitriles is 1. The van der Waals surface area contributed by atoms with E-state index in [1.807, 2.05) is 19.9 Å². The van der Waals surface area contributed by atoms with Gasteiger partial charge in [0.15, 0.2) is 0 Å². The Kier molecular flexibility index (Phi) is 6.17. The Morgan fingerprint density at radius 3 is 2.73 bits per heavy atom. The number of hydrogen-bond donors (Lipinski definition) is 1. The van der Waals surface area contributed by atoms with E-state index < -0.39 is 11.9 Å². The zero-order valence-corrected chi connectivity index (χ0v) is 15.9. The lowest BCUT2D eigenvalue weighted by atomic mass is 9.82. The largest absolute Gasteiger partial charge is 0.491 e. The molecule has 2 N–H and O–H groups in total. The van der Waals surface area contributed by atoms with Gasteiger partial charge in [-0.25, -0.2) is 4.79 Å². The molecular weight excluding hydrogens is 356 g/mol. The van der Waals surface area contributed by atoms with Crippen LogP contribution in [0, 0.1) is 11.3 Å². The van der Waals surface area contributed by atoms with Crippen LogP contribution in [0.3, 0.4) is 0 Å². The first-order valence-electron chi connectivity index (χ1n) is 8.21. The smallest absolute Gasteiger partial charge is 0.338 e. The summed E-state index contributed by atoms with van der Waals surface area (Å²) in [6.45, 7) is 7.26. The van der Waals surface area contributed by atoms with Gasteiger partial charge in [-0.1, -0.05) is 11.6 Å². The van der Waals surface area contributed by atoms with Crippen molar-refractivity contribution >= 4 is 17.6 Å². The van der Waals surface area contributed by atoms with Gasteiger partial charge >= 0.3 is 5.97 Å². The molecule has 1 aromatic carbocycles. The number of hydrogen-bond acceptors (Lipinski definition) is 6. The highest BCUT2D eigenvalue weighted by atomic mass is 35.5. The third kappa shape index (κ3) is 3.94. The summed E-state index contributed by atoms with van der Waals surface area (Å²) in [5, 5.41) is 10.1. The first-order valence-corrected chi connectivity index (χ1v) is 8.59. The van der Waals surface area contributed by atoms with E-state index in [0.29, 0.717) is 16.3 Å². The molecule has 1 atom stereocenters. The van der Waals surface area contributed by atoms with E-state index in [-0.39, 0.29) is 35.5 Å². The zero-order valence-electron chi connectivity index (χ0n) is 15.1. The Labute approximate surface area is 157 Å². The molecule has 0 saturated heterocycles. The molecule has 0 amide bonds. The number of allylic oxidation sites excluding steroid dienone is 2. The van der Waals surface area contributed by atoms with Crippen molar-refractivity contribution in [2.75, 3.05) is 6.61 Å². The Morgan fingerprint density at radius 1 is 1.46 bits per heavy atom. The number of carbonyl (C=O) groups is 1. The number of nitrogens with two attached hydrogens (primary N) is 1. The fourth-order valence-electron chi connectivity index (χ4n) is 2.77. The van der Waals surface area contributed by atoms with Crippen LogP contribution in [0.4, 0.5) is 0 Å². The van der Waals surface area contributed by atoms with Crippen molar-refractivity contribution in [1.82, 2.24) is 0 Å². The van der Waals surface area contributed by atoms with Gasteiger partial charge in [-0.15, -0.1) is 0 Å². The lowest BCUT2D eigenvalue weighted by molar-refractivity contribution is -0.139. The van der Waals surface area contributed by atoms with Crippen molar-refractivity contribution < 1.29 is 19.0 Å². The highest BCUT2D eigenvalue weighted by molar-refractivity contribution is 6.30. The molecule has 0 radical (unpaired) electrons. The molecule has 1 heterocycles. The Morgan fingerprint density at radius 2 is 2.15 bits per heavy atom. The molecular formula is C19H21ClN2O4. The predicted octanol–water partition coefficient (Wildman–Crippen LogP) is 3.77. The van der Waals surface area contributed by atoms with Crippen LogP contribution in [0.5, 0.6) is 5.75 Å². The summed E-state index contributed by atoms with van der Waals surface area (Å²) in [4.78, 5) is 12.6. The molecule has 0 spiro atoms. The second-order valence-electron chi connectivity index (χ2n) is 5.96. The van der Waals surface area contributed by atoms with Gasteiger partial charge in [-0.2, -0.15) is 5.26 Å². The summed E-state index contributed by atoms with van der Waals surface area (Å²) in [5.74, 6) is -0.642. The van der Waals surface area contributed by atoms with Crippen LogP contribution >= 0.6 is 11.6 Å². The average Bonchev–Trinajstić information content (AvgIpc) is 2.55. The minimum Gasteiger partial charge on any atom is -0.491 e. The Hall–Kier alpha value is -2.65. The van der Waals surface area contributed by atoms with Gasteiger partial charge in [0.25, 0.3) is 0 Å². The lowest BCUT2D eigenvalue weighted by Gasteiger charge is -2.28. The van der Waals surface area contributed by atoms with Gasteiger partial charge in [0.1, 0.15) is 23.2 Å². The quantitative estimate of drug-likeness (QED) is 0.786. The molecule has 0 aromatic heterocycles. The second kappa shape index (κ2) is 8.15. The fraction of sp³-hybridized carbons (Fsp3) is 0.368. The highest BCUT2D eigenvalue weighted by Gasteiger charge is 2.38. The zero-order chi connectivity index (χ0) is 19.4. The average molecular weight is 377 g/mol. The van der Waals surface area contributed by atoms with Gasteiger partial charge in [0, 0.05) is 10.6 Å². The molecule has 2 rings (SSSR count). The topological polar surface area (TPSA) is 94.6 Å². The van der Waals surface area contributed by atoms with Crippen LogP contribution in [0.2, 0.25) is 5.02 Å². The van der Waals surface area contributed by atoms with Crippen molar-refractivity contribution in [2.24, 2.45) is 5.73 Å². The number of benzene rings is 1. The number of carbonyl (C=O) groups excluding carboxylic acids is 1. The van der Waals surface area contributed by atoms with Crippen molar-refractivity contribution in [2.45, 2.75) is 39.7 Å². The number of esters is 1. The number of halogens is 1. The minimum atomic E-state index is -0.791. The molecule has 0 saturated carbocycles. The summed E-state index contributed by atoms with van der Waals surface area (Å²) >= 11 is 6.18. The molecule has 7 heteroatoms. The Balaban J connectivity index is 2.71. The van der Waals surface area contributed by atoms with E-state index in [9.17, 15) is 10.1 Å². The standard InChI is InChI=1S/C19H21ClN2O4/c1-5-24-19(23)16-11(4)26-18(22)14(9-21)17(16)13-8-12(20)6-7-15(13)25-10(2)3/h6-8,10,17H,5,22H2,1-4H3. The summed E-state index contributed by atoms with van der Waals surface area (Å²) in [5.41, 5.74) is 6.77. The molecule has 1 unspecified atom stereocenters. The van der Waals surface area contributed by atoms with Crippen molar-refractivity contribution in [3.05, 3.63) is 51.6 Å². The summed E-state index contributed by atoms with van der Waals surface area (Å²) < 4.78 is 16.4. The molecule has 6 nitrogen and oxygen atoms in total. The van der Waals surface area contributed by atoms with Crippen molar-refractivity contribution in [3.8, 4) is 11.8 Å². The van der Waals surface area contributed by atoms with Crippen molar-refractivity contribution in [3.63, 3.8) is 0 Å². The van der Waals surface area contributed by atoms with E-state index in [1.165, 1.54) is 0 Å². The van der Waals surface area contributed by atoms with Crippen LogP contribution in [0.1, 0.15) is 39.2 Å². The molecule has 1 aliphatic rings. The normalized spacial score (nSPS) is 17.0. The fourth-order valence-corrected chi connectivity index (χ4v) is 2.95. The van der Waals surface area contributed by atoms with Crippen LogP contribution in [-0.2, 0) is 14.3 Å². The van der Waals surface area contributed by atoms with Crippen LogP contribution in [0.15, 0.2) is 41.0 Å². The van der Waals surface area contributed by atoms with Crippen LogP contribution in [0.25, 0.3) is 0 Å². The van der Waals surface area contributed by atoms with Gasteiger partial charge in [0.2, 0.25) is 5.88 Å². The second-order valence-corrected chi connectivity index (χ2v) is 6.40. The number of rotatable bonds is 5. The maximum absolute atomic E-state index is 12.6. The Bertz CT molecular complexity index is 821. The molecule has 0 aliphatic carbocycles. The predicted molar refractivity (Wildman–Crippen MR) is 97.2 cm³/mol. The molecule has 0 bridgehead atoms. The molecule has 1 aliphatic heterocycles. The number of ether oxygens (including phenoxy) is 3. The van der Waals surface area contributed by atoms with E-state index in [4.69, 9.17) is 31.5 Å². The summed E-state index contributed by atoms with van der Waals surface area (Å²) in [6.07, 6.45) is -0.113. The molecule has 1 aromatic rings. The maximum Gasteiger partial charge on any atom is 0.338 e. The number of nitrogens with zero attached hydrogens (tertiary/aromatic N) is 1. The van der Waals surface area contributed by atoms with Gasteiger partial charge < -0.3 is 19.9 Å². The summed E-state index contributed by atoms with van der Waals surface area (Å²) in [7, 11) is 0. The van der Waals surface area contributed by atoms with Crippen LogP contribution < -0.4 is 10.5 Å². The first kappa shape index (κ1) is 19.7. The van der Waals surface area contributed by atoms with Crippen molar-refractivity contribution in [1.29, 1.82) is 5.26 Å². The van der Waals surface area contributed by atoms with E-state index in [0.717, 1.165) is 0 Å². The van der Waals surface area contributed by atoms with Gasteiger partial charge in [0.05, 0.1) is 24.2 Å². The van der Waals surface area contributed by atoms with E-state index >= 15 is 0 Å². The minimum absolute atomic E-state index is 0.0569.